The molecule has 0 saturated heterocycles. The van der Waals surface area contributed by atoms with E-state index in [1.54, 1.807) is 0 Å². The summed E-state index contributed by atoms with van der Waals surface area (Å²) in [5.74, 6) is 0.409. The van der Waals surface area contributed by atoms with Crippen LogP contribution < -0.4 is 0 Å². The van der Waals surface area contributed by atoms with Crippen LogP contribution >= 0.6 is 0 Å². The van der Waals surface area contributed by atoms with Gasteiger partial charge >= 0.3 is 5.97 Å². The highest BCUT2D eigenvalue weighted by Gasteiger charge is 2.61. The van der Waals surface area contributed by atoms with E-state index in [4.69, 9.17) is 5.11 Å². The predicted octanol–water partition coefficient (Wildman–Crippen LogP) is 3.84. The minimum absolute atomic E-state index is 0.101. The molecule has 2 aliphatic rings. The smallest absolute Gasteiger partial charge is 0.303 e. The van der Waals surface area contributed by atoms with Crippen LogP contribution in [0.5, 0.6) is 0 Å². The summed E-state index contributed by atoms with van der Waals surface area (Å²) in [6, 6.07) is 0. The molecule has 2 rings (SSSR count). The van der Waals surface area contributed by atoms with Gasteiger partial charge in [-0.25, -0.2) is 0 Å². The number of fused-ring (bicyclic) bond motifs is 1. The van der Waals surface area contributed by atoms with Gasteiger partial charge in [0, 0.05) is 11.8 Å². The second-order valence-corrected chi connectivity index (χ2v) is 9.24. The van der Waals surface area contributed by atoms with Crippen molar-refractivity contribution in [2.45, 2.75) is 84.7 Å². The highest BCUT2D eigenvalue weighted by molar-refractivity contribution is 5.66. The average Bonchev–Trinajstić information content (AvgIpc) is 2.51. The van der Waals surface area contributed by atoms with Crippen molar-refractivity contribution in [2.75, 3.05) is 6.61 Å². The molecule has 0 spiro atoms. The van der Waals surface area contributed by atoms with Crippen LogP contribution in [-0.2, 0) is 4.79 Å². The Morgan fingerprint density at radius 3 is 2.50 bits per heavy atom. The molecule has 4 nitrogen and oxygen atoms in total. The zero-order chi connectivity index (χ0) is 18.2. The van der Waals surface area contributed by atoms with E-state index in [9.17, 15) is 15.0 Å². The van der Waals surface area contributed by atoms with E-state index >= 15 is 0 Å². The molecule has 2 fully saturated rings. The number of hydrogen-bond acceptors (Lipinski definition) is 3. The summed E-state index contributed by atoms with van der Waals surface area (Å²) in [5.41, 5.74) is -1.11. The van der Waals surface area contributed by atoms with Gasteiger partial charge in [0.2, 0.25) is 0 Å². The number of carboxylic acid groups (broad SMARTS) is 1. The molecule has 6 atom stereocenters. The fourth-order valence-corrected chi connectivity index (χ4v) is 5.82. The SMILES string of the molecule is CC(CC[C@@]1(C)[C@H](C)CC[C@]2(C)[C@@H]1CCC[C@]2(O)CO)CC(=O)O. The summed E-state index contributed by atoms with van der Waals surface area (Å²) < 4.78 is 0. The molecule has 0 aliphatic heterocycles. The van der Waals surface area contributed by atoms with Gasteiger partial charge in [0.25, 0.3) is 0 Å². The van der Waals surface area contributed by atoms with Gasteiger partial charge in [-0.05, 0) is 61.7 Å². The fraction of sp³-hybridized carbons (Fsp3) is 0.950. The number of hydrogen-bond donors (Lipinski definition) is 3. The molecule has 0 radical (unpaired) electrons. The molecule has 0 aromatic rings. The summed E-state index contributed by atoms with van der Waals surface area (Å²) in [5, 5.41) is 30.0. The Hall–Kier alpha value is -0.610. The molecule has 1 unspecified atom stereocenters. The number of rotatable bonds is 6. The number of aliphatic hydroxyl groups is 2. The summed E-state index contributed by atoms with van der Waals surface area (Å²) >= 11 is 0. The standard InChI is InChI=1S/C20H36O4/c1-14(12-17(22)23)7-10-18(3)15(2)8-11-19(4)16(18)6-5-9-20(19,24)13-21/h14-16,21,24H,5-13H2,1-4H3,(H,22,23)/t14?,15-,16-,18+,19-,20+/m1/s1. The summed E-state index contributed by atoms with van der Waals surface area (Å²) in [6.07, 6.45) is 6.94. The highest BCUT2D eigenvalue weighted by Crippen LogP contribution is 2.64. The highest BCUT2D eigenvalue weighted by atomic mass is 16.4. The second-order valence-electron chi connectivity index (χ2n) is 9.24. The van der Waals surface area contributed by atoms with E-state index in [0.717, 1.165) is 38.5 Å². The molecule has 0 amide bonds. The van der Waals surface area contributed by atoms with Crippen LogP contribution in [-0.4, -0.2) is 33.5 Å². The maximum atomic E-state index is 11.1. The van der Waals surface area contributed by atoms with E-state index in [2.05, 4.69) is 20.8 Å². The van der Waals surface area contributed by atoms with Gasteiger partial charge in [-0.2, -0.15) is 0 Å². The van der Waals surface area contributed by atoms with Crippen LogP contribution in [0.2, 0.25) is 0 Å². The molecule has 0 heterocycles. The van der Waals surface area contributed by atoms with Crippen molar-refractivity contribution in [1.82, 2.24) is 0 Å². The first-order valence-electron chi connectivity index (χ1n) is 9.64. The Morgan fingerprint density at radius 2 is 1.92 bits per heavy atom. The number of carbonyl (C=O) groups is 1. The van der Waals surface area contributed by atoms with Crippen molar-refractivity contribution in [3.05, 3.63) is 0 Å². The lowest BCUT2D eigenvalue weighted by Gasteiger charge is -2.63. The Morgan fingerprint density at radius 1 is 1.25 bits per heavy atom. The molecular weight excluding hydrogens is 304 g/mol. The van der Waals surface area contributed by atoms with Crippen LogP contribution in [0, 0.1) is 28.6 Å². The molecule has 2 saturated carbocycles. The molecule has 0 aromatic carbocycles. The summed E-state index contributed by atoms with van der Waals surface area (Å²) in [7, 11) is 0. The summed E-state index contributed by atoms with van der Waals surface area (Å²) in [6.45, 7) is 8.71. The molecule has 3 N–H and O–H groups in total. The van der Waals surface area contributed by atoms with Crippen molar-refractivity contribution < 1.29 is 20.1 Å². The Bertz CT molecular complexity index is 465. The summed E-state index contributed by atoms with van der Waals surface area (Å²) in [4.78, 5) is 10.9. The maximum absolute atomic E-state index is 11.1. The third kappa shape index (κ3) is 3.24. The molecule has 0 bridgehead atoms. The topological polar surface area (TPSA) is 77.8 Å². The van der Waals surface area contributed by atoms with E-state index in [0.29, 0.717) is 18.3 Å². The number of aliphatic carboxylic acids is 1. The first-order valence-corrected chi connectivity index (χ1v) is 9.64. The van der Waals surface area contributed by atoms with Crippen LogP contribution in [0.25, 0.3) is 0 Å². The lowest BCUT2D eigenvalue weighted by molar-refractivity contribution is -0.215. The van der Waals surface area contributed by atoms with E-state index < -0.39 is 11.6 Å². The van der Waals surface area contributed by atoms with Gasteiger partial charge in [-0.15, -0.1) is 0 Å². The lowest BCUT2D eigenvalue weighted by Crippen LogP contribution is -2.62. The zero-order valence-corrected chi connectivity index (χ0v) is 15.8. The number of carboxylic acids is 1. The van der Waals surface area contributed by atoms with Gasteiger partial charge < -0.3 is 15.3 Å². The largest absolute Gasteiger partial charge is 0.481 e. The molecule has 0 aromatic heterocycles. The van der Waals surface area contributed by atoms with Gasteiger partial charge in [0.1, 0.15) is 0 Å². The molecular formula is C20H36O4. The van der Waals surface area contributed by atoms with Crippen LogP contribution in [0.3, 0.4) is 0 Å². The lowest BCUT2D eigenvalue weighted by atomic mass is 9.43. The predicted molar refractivity (Wildman–Crippen MR) is 94.6 cm³/mol. The minimum Gasteiger partial charge on any atom is -0.481 e. The Kier molecular flexibility index (Phi) is 5.71. The average molecular weight is 341 g/mol. The minimum atomic E-state index is -0.968. The van der Waals surface area contributed by atoms with Crippen molar-refractivity contribution >= 4 is 5.97 Å². The van der Waals surface area contributed by atoms with Gasteiger partial charge in [-0.3, -0.25) is 4.79 Å². The van der Waals surface area contributed by atoms with Gasteiger partial charge in [0.05, 0.1) is 12.2 Å². The van der Waals surface area contributed by atoms with Crippen LogP contribution in [0.4, 0.5) is 0 Å². The third-order valence-electron chi connectivity index (χ3n) is 7.89. The van der Waals surface area contributed by atoms with Crippen molar-refractivity contribution in [3.63, 3.8) is 0 Å². The van der Waals surface area contributed by atoms with Crippen LogP contribution in [0.15, 0.2) is 0 Å². The van der Waals surface area contributed by atoms with E-state index in [-0.39, 0.29) is 29.8 Å². The monoisotopic (exact) mass is 340 g/mol. The second kappa shape index (κ2) is 6.95. The Balaban J connectivity index is 2.22. The quantitative estimate of drug-likeness (QED) is 0.686. The van der Waals surface area contributed by atoms with Crippen molar-refractivity contribution in [2.24, 2.45) is 28.6 Å². The molecule has 2 aliphatic carbocycles. The van der Waals surface area contributed by atoms with Crippen LogP contribution in [0.1, 0.15) is 79.1 Å². The fourth-order valence-electron chi connectivity index (χ4n) is 5.82. The molecule has 140 valence electrons. The molecule has 24 heavy (non-hydrogen) atoms. The van der Waals surface area contributed by atoms with Gasteiger partial charge in [0.15, 0.2) is 0 Å². The zero-order valence-electron chi connectivity index (χ0n) is 15.8. The van der Waals surface area contributed by atoms with Gasteiger partial charge in [-0.1, -0.05) is 34.1 Å². The number of aliphatic hydroxyl groups excluding tert-OH is 1. The third-order valence-corrected chi connectivity index (χ3v) is 7.89. The first-order chi connectivity index (χ1) is 11.1. The maximum Gasteiger partial charge on any atom is 0.303 e. The first kappa shape index (κ1) is 19.7. The van der Waals surface area contributed by atoms with Crippen molar-refractivity contribution in [3.8, 4) is 0 Å². The Labute approximate surface area is 146 Å². The van der Waals surface area contributed by atoms with Crippen molar-refractivity contribution in [1.29, 1.82) is 0 Å². The van der Waals surface area contributed by atoms with E-state index in [1.807, 2.05) is 6.92 Å². The molecule has 4 heteroatoms. The van der Waals surface area contributed by atoms with E-state index in [1.165, 1.54) is 0 Å². The normalized spacial score (nSPS) is 43.9.